The number of carbonyl (C=O) groups is 2. The number of benzene rings is 1. The molecule has 7 heteroatoms. The molecule has 7 nitrogen and oxygen atoms in total. The van der Waals surface area contributed by atoms with Gasteiger partial charge in [0.2, 0.25) is 0 Å². The van der Waals surface area contributed by atoms with Crippen LogP contribution in [0, 0.1) is 0 Å². The lowest BCUT2D eigenvalue weighted by Crippen LogP contribution is -2.32. The van der Waals surface area contributed by atoms with E-state index in [0.29, 0.717) is 0 Å². The number of carbonyl (C=O) groups excluding carboxylic acids is 1. The molecule has 0 aliphatic heterocycles. The van der Waals surface area contributed by atoms with Gasteiger partial charge < -0.3 is 25.4 Å². The van der Waals surface area contributed by atoms with Gasteiger partial charge in [-0.1, -0.05) is 0 Å². The van der Waals surface area contributed by atoms with Gasteiger partial charge in [0.15, 0.2) is 0 Å². The van der Waals surface area contributed by atoms with Crippen molar-refractivity contribution in [3.05, 3.63) is 23.8 Å². The van der Waals surface area contributed by atoms with Gasteiger partial charge in [0, 0.05) is 0 Å². The largest absolute Gasteiger partial charge is 0.506 e. The van der Waals surface area contributed by atoms with E-state index in [0.717, 1.165) is 0 Å². The van der Waals surface area contributed by atoms with Crippen LogP contribution in [0.25, 0.3) is 0 Å². The van der Waals surface area contributed by atoms with Crippen LogP contribution in [0.4, 0.5) is 5.69 Å². The Balaban J connectivity index is 3.00. The first-order valence-corrected chi connectivity index (χ1v) is 5.01. The van der Waals surface area contributed by atoms with Crippen molar-refractivity contribution >= 4 is 17.6 Å². The molecule has 1 atom stereocenters. The summed E-state index contributed by atoms with van der Waals surface area (Å²) in [5.74, 6) is -2.13. The molecule has 0 radical (unpaired) electrons. The summed E-state index contributed by atoms with van der Waals surface area (Å²) >= 11 is 0. The van der Waals surface area contributed by atoms with E-state index in [1.54, 1.807) is 0 Å². The van der Waals surface area contributed by atoms with E-state index < -0.39 is 24.6 Å². The first kappa shape index (κ1) is 13.8. The van der Waals surface area contributed by atoms with Gasteiger partial charge in [0.05, 0.1) is 25.0 Å². The number of aliphatic carboxylic acids is 1. The third-order valence-corrected chi connectivity index (χ3v) is 2.23. The van der Waals surface area contributed by atoms with Crippen molar-refractivity contribution in [2.75, 3.05) is 19.0 Å². The fourth-order valence-corrected chi connectivity index (χ4v) is 1.27. The number of ether oxygens (including phenoxy) is 1. The van der Waals surface area contributed by atoms with Crippen LogP contribution >= 0.6 is 0 Å². The highest BCUT2D eigenvalue weighted by molar-refractivity contribution is 5.91. The fourth-order valence-electron chi connectivity index (χ4n) is 1.27. The predicted molar refractivity (Wildman–Crippen MR) is 61.6 cm³/mol. The molecule has 0 fully saturated rings. The van der Waals surface area contributed by atoms with E-state index in [4.69, 9.17) is 10.2 Å². The number of hydrogen-bond donors (Lipinski definition) is 4. The average molecular weight is 255 g/mol. The summed E-state index contributed by atoms with van der Waals surface area (Å²) in [6, 6.07) is 2.53. The van der Waals surface area contributed by atoms with Gasteiger partial charge in [-0.2, -0.15) is 0 Å². The molecular formula is C11H13NO6. The molecule has 0 unspecified atom stereocenters. The molecule has 1 aromatic rings. The minimum atomic E-state index is -1.28. The number of anilines is 1. The molecule has 0 aliphatic rings. The number of aliphatic hydroxyl groups is 1. The standard InChI is InChI=1S/C11H13NO6/c1-18-11(17)6-2-3-9(14)7(4-6)12-8(5-13)10(15)16/h2-4,8,12-14H,5H2,1H3,(H,15,16)/t8-/m0/s1. The fraction of sp³-hybridized carbons (Fsp3) is 0.273. The second-order valence-electron chi connectivity index (χ2n) is 3.44. The van der Waals surface area contributed by atoms with E-state index in [-0.39, 0.29) is 17.0 Å². The number of methoxy groups -OCH3 is 1. The van der Waals surface area contributed by atoms with Crippen molar-refractivity contribution in [3.8, 4) is 5.75 Å². The number of aromatic hydroxyl groups is 1. The summed E-state index contributed by atoms with van der Waals surface area (Å²) in [7, 11) is 1.20. The number of aliphatic hydroxyl groups excluding tert-OH is 1. The first-order valence-electron chi connectivity index (χ1n) is 5.01. The van der Waals surface area contributed by atoms with Gasteiger partial charge in [-0.15, -0.1) is 0 Å². The number of carboxylic acid groups (broad SMARTS) is 1. The van der Waals surface area contributed by atoms with Crippen molar-refractivity contribution in [1.82, 2.24) is 0 Å². The summed E-state index contributed by atoms with van der Waals surface area (Å²) < 4.78 is 4.50. The van der Waals surface area contributed by atoms with Crippen molar-refractivity contribution in [1.29, 1.82) is 0 Å². The van der Waals surface area contributed by atoms with Crippen LogP contribution in [-0.4, -0.2) is 47.0 Å². The number of hydrogen-bond acceptors (Lipinski definition) is 6. The maximum atomic E-state index is 11.3. The summed E-state index contributed by atoms with van der Waals surface area (Å²) in [6.45, 7) is -0.656. The third kappa shape index (κ3) is 3.11. The number of phenolic OH excluding ortho intramolecular Hbond substituents is 1. The normalized spacial score (nSPS) is 11.7. The zero-order chi connectivity index (χ0) is 13.7. The number of carboxylic acids is 1. The quantitative estimate of drug-likeness (QED) is 0.433. The molecule has 1 aromatic carbocycles. The topological polar surface area (TPSA) is 116 Å². The number of phenols is 1. The van der Waals surface area contributed by atoms with E-state index in [1.165, 1.54) is 25.3 Å². The van der Waals surface area contributed by atoms with Crippen LogP contribution in [0.5, 0.6) is 5.75 Å². The smallest absolute Gasteiger partial charge is 0.337 e. The summed E-state index contributed by atoms with van der Waals surface area (Å²) in [5.41, 5.74) is 0.180. The molecule has 98 valence electrons. The molecule has 0 spiro atoms. The Hall–Kier alpha value is -2.28. The zero-order valence-corrected chi connectivity index (χ0v) is 9.58. The molecule has 0 amide bonds. The number of nitrogens with one attached hydrogen (secondary N) is 1. The summed E-state index contributed by atoms with van der Waals surface area (Å²) in [4.78, 5) is 22.0. The van der Waals surface area contributed by atoms with Crippen molar-refractivity contribution in [3.63, 3.8) is 0 Å². The third-order valence-electron chi connectivity index (χ3n) is 2.23. The van der Waals surface area contributed by atoms with Gasteiger partial charge >= 0.3 is 11.9 Å². The molecule has 0 aromatic heterocycles. The SMILES string of the molecule is COC(=O)c1ccc(O)c(N[C@@H](CO)C(=O)O)c1. The van der Waals surface area contributed by atoms with Crippen LogP contribution in [0.1, 0.15) is 10.4 Å². The summed E-state index contributed by atoms with van der Waals surface area (Å²) in [5, 5.41) is 29.5. The number of rotatable bonds is 5. The minimum absolute atomic E-state index is 0.0272. The highest BCUT2D eigenvalue weighted by Gasteiger charge is 2.18. The highest BCUT2D eigenvalue weighted by Crippen LogP contribution is 2.25. The zero-order valence-electron chi connectivity index (χ0n) is 9.58. The molecule has 0 bridgehead atoms. The van der Waals surface area contributed by atoms with Crippen LogP contribution in [-0.2, 0) is 9.53 Å². The van der Waals surface area contributed by atoms with Crippen LogP contribution in [0.15, 0.2) is 18.2 Å². The van der Waals surface area contributed by atoms with E-state index in [9.17, 15) is 14.7 Å². The van der Waals surface area contributed by atoms with Gasteiger partial charge in [0.1, 0.15) is 11.8 Å². The Morgan fingerprint density at radius 2 is 2.11 bits per heavy atom. The van der Waals surface area contributed by atoms with E-state index in [1.807, 2.05) is 0 Å². The Kier molecular flexibility index (Phi) is 4.50. The van der Waals surface area contributed by atoms with Crippen LogP contribution in [0.3, 0.4) is 0 Å². The number of esters is 1. The lowest BCUT2D eigenvalue weighted by Gasteiger charge is -2.14. The predicted octanol–water partition coefficient (Wildman–Crippen LogP) is 0.0362. The van der Waals surface area contributed by atoms with E-state index in [2.05, 4.69) is 10.1 Å². The molecule has 4 N–H and O–H groups in total. The molecular weight excluding hydrogens is 242 g/mol. The van der Waals surface area contributed by atoms with Crippen LogP contribution < -0.4 is 5.32 Å². The Morgan fingerprint density at radius 3 is 2.61 bits per heavy atom. The average Bonchev–Trinajstić information content (AvgIpc) is 2.36. The maximum absolute atomic E-state index is 11.3. The highest BCUT2D eigenvalue weighted by atomic mass is 16.5. The molecule has 1 rings (SSSR count). The molecule has 0 saturated heterocycles. The van der Waals surface area contributed by atoms with Gasteiger partial charge in [0.25, 0.3) is 0 Å². The second kappa shape index (κ2) is 5.87. The van der Waals surface area contributed by atoms with Crippen molar-refractivity contribution in [2.24, 2.45) is 0 Å². The summed E-state index contributed by atoms with van der Waals surface area (Å²) in [6.07, 6.45) is 0. The monoisotopic (exact) mass is 255 g/mol. The maximum Gasteiger partial charge on any atom is 0.337 e. The Bertz CT molecular complexity index is 459. The van der Waals surface area contributed by atoms with Gasteiger partial charge in [-0.25, -0.2) is 9.59 Å². The minimum Gasteiger partial charge on any atom is -0.506 e. The molecule has 0 aliphatic carbocycles. The molecule has 0 saturated carbocycles. The van der Waals surface area contributed by atoms with Gasteiger partial charge in [-0.05, 0) is 18.2 Å². The molecule has 18 heavy (non-hydrogen) atoms. The molecule has 0 heterocycles. The Morgan fingerprint density at radius 1 is 1.44 bits per heavy atom. The lowest BCUT2D eigenvalue weighted by atomic mass is 10.1. The van der Waals surface area contributed by atoms with Crippen LogP contribution in [0.2, 0.25) is 0 Å². The lowest BCUT2D eigenvalue weighted by molar-refractivity contribution is -0.138. The van der Waals surface area contributed by atoms with Crippen molar-refractivity contribution < 1.29 is 29.6 Å². The van der Waals surface area contributed by atoms with Crippen molar-refractivity contribution in [2.45, 2.75) is 6.04 Å². The van der Waals surface area contributed by atoms with Gasteiger partial charge in [-0.3, -0.25) is 0 Å². The Labute approximate surface area is 103 Å². The second-order valence-corrected chi connectivity index (χ2v) is 3.44. The van der Waals surface area contributed by atoms with E-state index >= 15 is 0 Å². The first-order chi connectivity index (χ1) is 8.49.